The maximum absolute atomic E-state index is 12.0. The first-order valence-electron chi connectivity index (χ1n) is 11.7. The van der Waals surface area contributed by atoms with Crippen LogP contribution in [0.3, 0.4) is 0 Å². The van der Waals surface area contributed by atoms with Crippen LogP contribution in [-0.4, -0.2) is 78.0 Å². The van der Waals surface area contributed by atoms with Gasteiger partial charge in [-0.2, -0.15) is 0 Å². The van der Waals surface area contributed by atoms with Crippen molar-refractivity contribution in [1.29, 1.82) is 0 Å². The normalized spacial score (nSPS) is 13.0. The number of carbonyl (C=O) groups is 2. The zero-order valence-corrected chi connectivity index (χ0v) is 20.0. The first-order chi connectivity index (χ1) is 15.0. The highest BCUT2D eigenvalue weighted by Crippen LogP contribution is 2.15. The summed E-state index contributed by atoms with van der Waals surface area (Å²) in [5, 5.41) is 0. The van der Waals surface area contributed by atoms with Gasteiger partial charge in [0.2, 0.25) is 0 Å². The van der Waals surface area contributed by atoms with Crippen molar-refractivity contribution in [2.45, 2.75) is 59.8 Å². The standard InChI is InChI=1S/C23H44O8/c1-5-7-9-26-11-13-28-15-17-30-22(24)20(3)19-21(4)23(25)31-18-16-29-14-12-27-10-8-6-2/h20-21H,5-19H2,1-4H3. The summed E-state index contributed by atoms with van der Waals surface area (Å²) in [7, 11) is 0. The van der Waals surface area contributed by atoms with E-state index in [-0.39, 0.29) is 25.2 Å². The van der Waals surface area contributed by atoms with E-state index in [4.69, 9.17) is 28.4 Å². The Morgan fingerprint density at radius 2 is 0.871 bits per heavy atom. The Balaban J connectivity index is 3.66. The van der Waals surface area contributed by atoms with Gasteiger partial charge in [0.25, 0.3) is 0 Å². The van der Waals surface area contributed by atoms with Crippen LogP contribution in [0.5, 0.6) is 0 Å². The van der Waals surface area contributed by atoms with Gasteiger partial charge in [-0.25, -0.2) is 0 Å². The zero-order chi connectivity index (χ0) is 23.2. The van der Waals surface area contributed by atoms with Crippen LogP contribution in [0.4, 0.5) is 0 Å². The van der Waals surface area contributed by atoms with Gasteiger partial charge >= 0.3 is 11.9 Å². The van der Waals surface area contributed by atoms with E-state index < -0.39 is 11.8 Å². The lowest BCUT2D eigenvalue weighted by atomic mass is 9.97. The van der Waals surface area contributed by atoms with E-state index in [1.54, 1.807) is 13.8 Å². The first-order valence-corrected chi connectivity index (χ1v) is 11.7. The van der Waals surface area contributed by atoms with Gasteiger partial charge in [-0.15, -0.1) is 0 Å². The number of hydrogen-bond donors (Lipinski definition) is 0. The Bertz CT molecular complexity index is 392. The molecule has 2 atom stereocenters. The molecule has 31 heavy (non-hydrogen) atoms. The third-order valence-electron chi connectivity index (χ3n) is 4.48. The molecule has 0 aromatic heterocycles. The lowest BCUT2D eigenvalue weighted by Crippen LogP contribution is -2.24. The van der Waals surface area contributed by atoms with Gasteiger partial charge in [0.15, 0.2) is 0 Å². The number of ether oxygens (including phenoxy) is 6. The van der Waals surface area contributed by atoms with E-state index in [0.29, 0.717) is 46.1 Å². The van der Waals surface area contributed by atoms with Crippen LogP contribution >= 0.6 is 0 Å². The number of unbranched alkanes of at least 4 members (excludes halogenated alkanes) is 2. The predicted molar refractivity (Wildman–Crippen MR) is 118 cm³/mol. The van der Waals surface area contributed by atoms with E-state index >= 15 is 0 Å². The van der Waals surface area contributed by atoms with Gasteiger partial charge < -0.3 is 28.4 Å². The van der Waals surface area contributed by atoms with Crippen molar-refractivity contribution >= 4 is 11.9 Å². The molecule has 0 rings (SSSR count). The second-order valence-electron chi connectivity index (χ2n) is 7.53. The number of carbonyl (C=O) groups excluding carboxylic acids is 2. The second-order valence-corrected chi connectivity index (χ2v) is 7.53. The smallest absolute Gasteiger partial charge is 0.308 e. The Morgan fingerprint density at radius 3 is 1.23 bits per heavy atom. The summed E-state index contributed by atoms with van der Waals surface area (Å²) in [5.41, 5.74) is 0. The summed E-state index contributed by atoms with van der Waals surface area (Å²) in [5.74, 6) is -1.46. The molecular weight excluding hydrogens is 404 g/mol. The maximum atomic E-state index is 12.0. The van der Waals surface area contributed by atoms with Crippen molar-refractivity contribution in [3.63, 3.8) is 0 Å². The summed E-state index contributed by atoms with van der Waals surface area (Å²) in [6.45, 7) is 12.3. The Kier molecular flexibility index (Phi) is 21.1. The lowest BCUT2D eigenvalue weighted by Gasteiger charge is -2.16. The van der Waals surface area contributed by atoms with Gasteiger partial charge in [-0.1, -0.05) is 40.5 Å². The summed E-state index contributed by atoms with van der Waals surface area (Å²) in [4.78, 5) is 24.1. The van der Waals surface area contributed by atoms with Crippen molar-refractivity contribution in [3.05, 3.63) is 0 Å². The van der Waals surface area contributed by atoms with Crippen molar-refractivity contribution < 1.29 is 38.0 Å². The molecular formula is C23H44O8. The fourth-order valence-corrected chi connectivity index (χ4v) is 2.55. The number of rotatable bonds is 22. The highest BCUT2D eigenvalue weighted by atomic mass is 16.6. The van der Waals surface area contributed by atoms with Crippen LogP contribution < -0.4 is 0 Å². The van der Waals surface area contributed by atoms with Crippen LogP contribution in [0, 0.1) is 11.8 Å². The van der Waals surface area contributed by atoms with Gasteiger partial charge in [0.05, 0.1) is 51.5 Å². The largest absolute Gasteiger partial charge is 0.463 e. The minimum absolute atomic E-state index is 0.191. The molecule has 0 aromatic rings. The molecule has 0 aliphatic rings. The van der Waals surface area contributed by atoms with Crippen molar-refractivity contribution in [2.75, 3.05) is 66.1 Å². The number of hydrogen-bond acceptors (Lipinski definition) is 8. The molecule has 8 heteroatoms. The highest BCUT2D eigenvalue weighted by Gasteiger charge is 2.23. The number of esters is 2. The molecule has 0 aliphatic heterocycles. The average molecular weight is 449 g/mol. The Labute approximate surface area is 188 Å². The van der Waals surface area contributed by atoms with Gasteiger partial charge in [0.1, 0.15) is 13.2 Å². The van der Waals surface area contributed by atoms with Gasteiger partial charge in [0, 0.05) is 13.2 Å². The van der Waals surface area contributed by atoms with Crippen LogP contribution in [-0.2, 0) is 38.0 Å². The molecule has 0 heterocycles. The minimum Gasteiger partial charge on any atom is -0.463 e. The average Bonchev–Trinajstić information content (AvgIpc) is 2.76. The molecule has 0 radical (unpaired) electrons. The zero-order valence-electron chi connectivity index (χ0n) is 20.0. The Hall–Kier alpha value is -1.22. The quantitative estimate of drug-likeness (QED) is 0.184. The molecule has 0 bridgehead atoms. The third kappa shape index (κ3) is 19.2. The summed E-state index contributed by atoms with van der Waals surface area (Å²) < 4.78 is 31.9. The maximum Gasteiger partial charge on any atom is 0.308 e. The topological polar surface area (TPSA) is 89.5 Å². The van der Waals surface area contributed by atoms with Crippen molar-refractivity contribution in [3.8, 4) is 0 Å². The van der Waals surface area contributed by atoms with E-state index in [2.05, 4.69) is 13.8 Å². The third-order valence-corrected chi connectivity index (χ3v) is 4.48. The molecule has 8 nitrogen and oxygen atoms in total. The molecule has 0 aromatic carbocycles. The molecule has 0 saturated heterocycles. The van der Waals surface area contributed by atoms with E-state index in [9.17, 15) is 9.59 Å². The molecule has 0 saturated carbocycles. The molecule has 184 valence electrons. The van der Waals surface area contributed by atoms with Crippen LogP contribution in [0.2, 0.25) is 0 Å². The molecule has 2 unspecified atom stereocenters. The molecule has 0 N–H and O–H groups in total. The van der Waals surface area contributed by atoms with E-state index in [1.165, 1.54) is 0 Å². The van der Waals surface area contributed by atoms with Gasteiger partial charge in [-0.05, 0) is 19.3 Å². The lowest BCUT2D eigenvalue weighted by molar-refractivity contribution is -0.153. The monoisotopic (exact) mass is 448 g/mol. The van der Waals surface area contributed by atoms with Crippen molar-refractivity contribution in [1.82, 2.24) is 0 Å². The van der Waals surface area contributed by atoms with Crippen LogP contribution in [0.1, 0.15) is 59.8 Å². The first kappa shape index (κ1) is 29.8. The van der Waals surface area contributed by atoms with Crippen LogP contribution in [0.25, 0.3) is 0 Å². The Morgan fingerprint density at radius 1 is 0.548 bits per heavy atom. The fraction of sp³-hybridized carbons (Fsp3) is 0.913. The van der Waals surface area contributed by atoms with Gasteiger partial charge in [-0.3, -0.25) is 9.59 Å². The minimum atomic E-state index is -0.392. The molecule has 0 fully saturated rings. The molecule has 0 aliphatic carbocycles. The van der Waals surface area contributed by atoms with E-state index in [0.717, 1.165) is 38.9 Å². The van der Waals surface area contributed by atoms with Crippen LogP contribution in [0.15, 0.2) is 0 Å². The summed E-state index contributed by atoms with van der Waals surface area (Å²) in [6, 6.07) is 0. The second kappa shape index (κ2) is 22.0. The SMILES string of the molecule is CCCCOCCOCCOC(=O)C(C)CC(C)C(=O)OCCOCCOCCCC. The summed E-state index contributed by atoms with van der Waals surface area (Å²) in [6.07, 6.45) is 4.67. The van der Waals surface area contributed by atoms with Crippen molar-refractivity contribution in [2.24, 2.45) is 11.8 Å². The molecule has 0 amide bonds. The van der Waals surface area contributed by atoms with E-state index in [1.807, 2.05) is 0 Å². The molecule has 0 spiro atoms. The fourth-order valence-electron chi connectivity index (χ4n) is 2.55. The summed E-state index contributed by atoms with van der Waals surface area (Å²) >= 11 is 0. The highest BCUT2D eigenvalue weighted by molar-refractivity contribution is 5.75. The predicted octanol–water partition coefficient (Wildman–Crippen LogP) is 3.40.